The Balaban J connectivity index is 2.18. The SMILES string of the molecule is NC(=O)C(c1cc(Br)cs1)N1CCCNCC1. The number of hydrogen-bond donors (Lipinski definition) is 2. The molecule has 6 heteroatoms. The van der Waals surface area contributed by atoms with E-state index in [1.54, 1.807) is 11.3 Å². The molecule has 3 N–H and O–H groups in total. The van der Waals surface area contributed by atoms with Crippen LogP contribution in [-0.4, -0.2) is 37.0 Å². The Labute approximate surface area is 113 Å². The molecule has 0 radical (unpaired) electrons. The second kappa shape index (κ2) is 5.95. The summed E-state index contributed by atoms with van der Waals surface area (Å²) in [6.45, 7) is 3.70. The van der Waals surface area contributed by atoms with E-state index in [-0.39, 0.29) is 11.9 Å². The van der Waals surface area contributed by atoms with E-state index in [0.29, 0.717) is 0 Å². The Hall–Kier alpha value is -0.430. The zero-order chi connectivity index (χ0) is 12.3. The van der Waals surface area contributed by atoms with Gasteiger partial charge in [-0.3, -0.25) is 9.69 Å². The zero-order valence-electron chi connectivity index (χ0n) is 9.49. The van der Waals surface area contributed by atoms with E-state index in [2.05, 4.69) is 26.1 Å². The number of carbonyl (C=O) groups excluding carboxylic acids is 1. The second-order valence-corrected chi connectivity index (χ2v) is 5.97. The lowest BCUT2D eigenvalue weighted by Gasteiger charge is -2.26. The molecule has 1 aromatic heterocycles. The average molecular weight is 318 g/mol. The van der Waals surface area contributed by atoms with Gasteiger partial charge in [-0.25, -0.2) is 0 Å². The van der Waals surface area contributed by atoms with Gasteiger partial charge in [-0.2, -0.15) is 0 Å². The third-order valence-electron chi connectivity index (χ3n) is 2.87. The minimum atomic E-state index is -0.286. The van der Waals surface area contributed by atoms with Gasteiger partial charge in [0.05, 0.1) is 0 Å². The summed E-state index contributed by atoms with van der Waals surface area (Å²) in [4.78, 5) is 14.9. The van der Waals surface area contributed by atoms with Crippen molar-refractivity contribution in [2.24, 2.45) is 5.73 Å². The minimum absolute atomic E-state index is 0.263. The smallest absolute Gasteiger partial charge is 0.240 e. The molecule has 1 fully saturated rings. The molecule has 2 heterocycles. The number of nitrogens with zero attached hydrogens (tertiary/aromatic N) is 1. The van der Waals surface area contributed by atoms with Gasteiger partial charge in [0, 0.05) is 34.4 Å². The molecule has 4 nitrogen and oxygen atoms in total. The van der Waals surface area contributed by atoms with Crippen molar-refractivity contribution in [2.45, 2.75) is 12.5 Å². The summed E-state index contributed by atoms with van der Waals surface area (Å²) in [5.41, 5.74) is 5.55. The predicted molar refractivity (Wildman–Crippen MR) is 73.0 cm³/mol. The van der Waals surface area contributed by atoms with Crippen molar-refractivity contribution in [3.05, 3.63) is 20.8 Å². The normalized spacial score (nSPS) is 19.8. The van der Waals surface area contributed by atoms with E-state index >= 15 is 0 Å². The van der Waals surface area contributed by atoms with Crippen LogP contribution in [0.15, 0.2) is 15.9 Å². The lowest BCUT2D eigenvalue weighted by Crippen LogP contribution is -2.39. The fourth-order valence-electron chi connectivity index (χ4n) is 2.10. The second-order valence-electron chi connectivity index (χ2n) is 4.11. The molecular weight excluding hydrogens is 302 g/mol. The summed E-state index contributed by atoms with van der Waals surface area (Å²) in [5, 5.41) is 5.32. The third-order valence-corrected chi connectivity index (χ3v) is 4.61. The summed E-state index contributed by atoms with van der Waals surface area (Å²) in [6, 6.07) is 1.70. The Morgan fingerprint density at radius 1 is 1.53 bits per heavy atom. The van der Waals surface area contributed by atoms with Crippen LogP contribution in [0.25, 0.3) is 0 Å². The quantitative estimate of drug-likeness (QED) is 0.884. The molecule has 17 heavy (non-hydrogen) atoms. The molecule has 0 saturated carbocycles. The molecule has 0 aliphatic carbocycles. The predicted octanol–water partition coefficient (Wildman–Crippen LogP) is 1.33. The number of nitrogens with one attached hydrogen (secondary N) is 1. The van der Waals surface area contributed by atoms with E-state index < -0.39 is 0 Å². The number of amides is 1. The van der Waals surface area contributed by atoms with Crippen LogP contribution in [0.4, 0.5) is 0 Å². The molecule has 0 bridgehead atoms. The van der Waals surface area contributed by atoms with Gasteiger partial charge in [0.15, 0.2) is 0 Å². The largest absolute Gasteiger partial charge is 0.368 e. The maximum atomic E-state index is 11.7. The number of rotatable bonds is 3. The molecule has 1 aromatic rings. The molecule has 1 amide bonds. The number of nitrogens with two attached hydrogens (primary N) is 1. The molecule has 94 valence electrons. The Morgan fingerprint density at radius 2 is 2.35 bits per heavy atom. The minimum Gasteiger partial charge on any atom is -0.368 e. The third kappa shape index (κ3) is 3.28. The number of primary amides is 1. The van der Waals surface area contributed by atoms with Crippen molar-refractivity contribution in [3.8, 4) is 0 Å². The summed E-state index contributed by atoms with van der Waals surface area (Å²) in [5.74, 6) is -0.263. The number of halogens is 1. The van der Waals surface area contributed by atoms with Gasteiger partial charge in [-0.05, 0) is 35.0 Å². The van der Waals surface area contributed by atoms with E-state index in [1.807, 2.05) is 11.4 Å². The fourth-order valence-corrected chi connectivity index (χ4v) is 3.68. The standard InChI is InChI=1S/C11H16BrN3OS/c12-8-6-9(17-7-8)10(11(13)16)15-4-1-2-14-3-5-15/h6-7,10,14H,1-5H2,(H2,13,16). The van der Waals surface area contributed by atoms with Crippen molar-refractivity contribution in [1.82, 2.24) is 10.2 Å². The van der Waals surface area contributed by atoms with Crippen molar-refractivity contribution < 1.29 is 4.79 Å². The van der Waals surface area contributed by atoms with Crippen molar-refractivity contribution in [2.75, 3.05) is 26.2 Å². The van der Waals surface area contributed by atoms with Gasteiger partial charge in [0.2, 0.25) is 5.91 Å². The molecule has 1 saturated heterocycles. The number of carbonyl (C=O) groups is 1. The van der Waals surface area contributed by atoms with Gasteiger partial charge in [-0.1, -0.05) is 0 Å². The van der Waals surface area contributed by atoms with Gasteiger partial charge >= 0.3 is 0 Å². The highest BCUT2D eigenvalue weighted by molar-refractivity contribution is 9.10. The Kier molecular flexibility index (Phi) is 4.55. The molecule has 0 aromatic carbocycles. The van der Waals surface area contributed by atoms with Crippen LogP contribution in [0, 0.1) is 0 Å². The van der Waals surface area contributed by atoms with Crippen LogP contribution >= 0.6 is 27.3 Å². The zero-order valence-corrected chi connectivity index (χ0v) is 11.9. The topological polar surface area (TPSA) is 58.4 Å². The van der Waals surface area contributed by atoms with E-state index in [0.717, 1.165) is 41.9 Å². The van der Waals surface area contributed by atoms with Gasteiger partial charge in [-0.15, -0.1) is 11.3 Å². The number of thiophene rings is 1. The molecular formula is C11H16BrN3OS. The lowest BCUT2D eigenvalue weighted by atomic mass is 10.2. The first-order valence-electron chi connectivity index (χ1n) is 5.66. The lowest BCUT2D eigenvalue weighted by molar-refractivity contribution is -0.123. The Morgan fingerprint density at radius 3 is 3.00 bits per heavy atom. The van der Waals surface area contributed by atoms with Crippen LogP contribution in [0.5, 0.6) is 0 Å². The van der Waals surface area contributed by atoms with Crippen LogP contribution in [0.2, 0.25) is 0 Å². The van der Waals surface area contributed by atoms with Crippen LogP contribution < -0.4 is 11.1 Å². The molecule has 0 spiro atoms. The summed E-state index contributed by atoms with van der Waals surface area (Å²) in [6.07, 6.45) is 1.05. The van der Waals surface area contributed by atoms with Crippen LogP contribution in [0.3, 0.4) is 0 Å². The highest BCUT2D eigenvalue weighted by Gasteiger charge is 2.27. The van der Waals surface area contributed by atoms with E-state index in [4.69, 9.17) is 5.73 Å². The van der Waals surface area contributed by atoms with Crippen LogP contribution in [-0.2, 0) is 4.79 Å². The van der Waals surface area contributed by atoms with E-state index in [9.17, 15) is 4.79 Å². The number of hydrogen-bond acceptors (Lipinski definition) is 4. The monoisotopic (exact) mass is 317 g/mol. The first-order chi connectivity index (χ1) is 8.18. The van der Waals surface area contributed by atoms with Gasteiger partial charge < -0.3 is 11.1 Å². The highest BCUT2D eigenvalue weighted by Crippen LogP contribution is 2.29. The van der Waals surface area contributed by atoms with Crippen molar-refractivity contribution in [3.63, 3.8) is 0 Å². The maximum absolute atomic E-state index is 11.7. The first kappa shape index (κ1) is 13.0. The average Bonchev–Trinajstić information content (AvgIpc) is 2.53. The molecule has 1 unspecified atom stereocenters. The fraction of sp³-hybridized carbons (Fsp3) is 0.545. The van der Waals surface area contributed by atoms with Crippen molar-refractivity contribution >= 4 is 33.2 Å². The molecule has 1 atom stereocenters. The molecule has 1 aliphatic rings. The van der Waals surface area contributed by atoms with Gasteiger partial charge in [0.1, 0.15) is 6.04 Å². The van der Waals surface area contributed by atoms with Crippen molar-refractivity contribution in [1.29, 1.82) is 0 Å². The Bertz CT molecular complexity index is 388. The van der Waals surface area contributed by atoms with Crippen LogP contribution in [0.1, 0.15) is 17.3 Å². The summed E-state index contributed by atoms with van der Waals surface area (Å²) < 4.78 is 1.01. The van der Waals surface area contributed by atoms with E-state index in [1.165, 1.54) is 0 Å². The summed E-state index contributed by atoms with van der Waals surface area (Å²) >= 11 is 4.99. The molecule has 2 rings (SSSR count). The highest BCUT2D eigenvalue weighted by atomic mass is 79.9. The first-order valence-corrected chi connectivity index (χ1v) is 7.34. The van der Waals surface area contributed by atoms with Gasteiger partial charge in [0.25, 0.3) is 0 Å². The maximum Gasteiger partial charge on any atom is 0.240 e. The summed E-state index contributed by atoms with van der Waals surface area (Å²) in [7, 11) is 0. The molecule has 1 aliphatic heterocycles.